The first-order valence-electron chi connectivity index (χ1n) is 6.06. The first-order valence-corrected chi connectivity index (χ1v) is 6.88. The van der Waals surface area contributed by atoms with Crippen LogP contribution < -0.4 is 10.2 Å². The summed E-state index contributed by atoms with van der Waals surface area (Å²) in [6.45, 7) is 3.86. The van der Waals surface area contributed by atoms with E-state index in [4.69, 9.17) is 0 Å². The molecule has 0 saturated heterocycles. The average Bonchev–Trinajstić information content (AvgIpc) is 2.73. The highest BCUT2D eigenvalue weighted by Crippen LogP contribution is 2.26. The van der Waals surface area contributed by atoms with Crippen molar-refractivity contribution in [2.75, 3.05) is 19.0 Å². The molecule has 1 aromatic carbocycles. The predicted molar refractivity (Wildman–Crippen MR) is 78.2 cm³/mol. The van der Waals surface area contributed by atoms with Gasteiger partial charge < -0.3 is 10.2 Å². The Morgan fingerprint density at radius 2 is 2.00 bits per heavy atom. The van der Waals surface area contributed by atoms with E-state index in [1.807, 2.05) is 13.1 Å². The van der Waals surface area contributed by atoms with Crippen LogP contribution in [0.5, 0.6) is 0 Å². The zero-order valence-electron chi connectivity index (χ0n) is 11.1. The molecule has 0 amide bonds. The van der Waals surface area contributed by atoms with Gasteiger partial charge in [0.1, 0.15) is 0 Å². The molecule has 0 unspecified atom stereocenters. The lowest BCUT2D eigenvalue weighted by molar-refractivity contribution is 0.822. The highest BCUT2D eigenvalue weighted by Gasteiger charge is 2.10. The first kappa shape index (κ1) is 13.1. The van der Waals surface area contributed by atoms with Crippen LogP contribution in [-0.4, -0.2) is 19.1 Å². The molecule has 0 fully saturated rings. The van der Waals surface area contributed by atoms with Crippen molar-refractivity contribution in [2.24, 2.45) is 0 Å². The maximum Gasteiger partial charge on any atom is 0.185 e. The van der Waals surface area contributed by atoms with Crippen molar-refractivity contribution in [1.82, 2.24) is 10.3 Å². The topological polar surface area (TPSA) is 28.2 Å². The van der Waals surface area contributed by atoms with Crippen molar-refractivity contribution < 1.29 is 0 Å². The zero-order valence-corrected chi connectivity index (χ0v) is 11.9. The van der Waals surface area contributed by atoms with Gasteiger partial charge in [-0.25, -0.2) is 4.98 Å². The van der Waals surface area contributed by atoms with Gasteiger partial charge in [0, 0.05) is 25.0 Å². The summed E-state index contributed by atoms with van der Waals surface area (Å²) in [5, 5.41) is 4.26. The van der Waals surface area contributed by atoms with Gasteiger partial charge in [0.2, 0.25) is 0 Å². The number of benzene rings is 1. The van der Waals surface area contributed by atoms with E-state index in [0.717, 1.165) is 23.9 Å². The molecule has 1 heterocycles. The molecule has 0 aliphatic heterocycles. The van der Waals surface area contributed by atoms with Crippen molar-refractivity contribution in [3.05, 3.63) is 46.5 Å². The fourth-order valence-corrected chi connectivity index (χ4v) is 2.86. The highest BCUT2D eigenvalue weighted by molar-refractivity contribution is 7.15. The summed E-state index contributed by atoms with van der Waals surface area (Å²) in [7, 11) is 4.06. The van der Waals surface area contributed by atoms with Crippen molar-refractivity contribution in [1.29, 1.82) is 0 Å². The Hall–Kier alpha value is -1.39. The molecular formula is C14H19N3S. The van der Waals surface area contributed by atoms with Gasteiger partial charge in [0.05, 0.1) is 5.69 Å². The van der Waals surface area contributed by atoms with Gasteiger partial charge in [-0.2, -0.15) is 0 Å². The van der Waals surface area contributed by atoms with Gasteiger partial charge in [0.25, 0.3) is 0 Å². The van der Waals surface area contributed by atoms with Gasteiger partial charge in [-0.05, 0) is 19.5 Å². The average molecular weight is 261 g/mol. The Labute approximate surface area is 112 Å². The van der Waals surface area contributed by atoms with E-state index < -0.39 is 0 Å². The maximum atomic E-state index is 4.63. The smallest absolute Gasteiger partial charge is 0.185 e. The molecule has 3 nitrogen and oxygen atoms in total. The number of aryl methyl sites for hydroxylation is 1. The zero-order chi connectivity index (χ0) is 13.0. The molecule has 2 aromatic rings. The van der Waals surface area contributed by atoms with Crippen LogP contribution in [0.4, 0.5) is 5.13 Å². The minimum Gasteiger partial charge on any atom is -0.347 e. The van der Waals surface area contributed by atoms with Crippen LogP contribution in [-0.2, 0) is 13.1 Å². The summed E-state index contributed by atoms with van der Waals surface area (Å²) in [5.74, 6) is 0. The van der Waals surface area contributed by atoms with E-state index in [-0.39, 0.29) is 0 Å². The summed E-state index contributed by atoms with van der Waals surface area (Å²) in [6, 6.07) is 10.5. The molecule has 18 heavy (non-hydrogen) atoms. The summed E-state index contributed by atoms with van der Waals surface area (Å²) in [6.07, 6.45) is 0. The molecule has 0 atom stereocenters. The minimum atomic E-state index is 0.892. The molecule has 96 valence electrons. The van der Waals surface area contributed by atoms with Crippen LogP contribution in [0, 0.1) is 6.92 Å². The van der Waals surface area contributed by atoms with Gasteiger partial charge >= 0.3 is 0 Å². The lowest BCUT2D eigenvalue weighted by Crippen LogP contribution is -2.15. The molecule has 1 N–H and O–H groups in total. The second-order valence-electron chi connectivity index (χ2n) is 4.38. The van der Waals surface area contributed by atoms with E-state index >= 15 is 0 Å². The Morgan fingerprint density at radius 1 is 1.28 bits per heavy atom. The minimum absolute atomic E-state index is 0.892. The molecule has 0 bridgehead atoms. The summed E-state index contributed by atoms with van der Waals surface area (Å²) in [4.78, 5) is 8.14. The maximum absolute atomic E-state index is 4.63. The largest absolute Gasteiger partial charge is 0.347 e. The number of nitrogens with one attached hydrogen (secondary N) is 1. The number of aromatic nitrogens is 1. The highest BCUT2D eigenvalue weighted by atomic mass is 32.1. The quantitative estimate of drug-likeness (QED) is 0.897. The predicted octanol–water partition coefficient (Wildman–Crippen LogP) is 2.81. The van der Waals surface area contributed by atoms with E-state index in [2.05, 4.69) is 53.4 Å². The van der Waals surface area contributed by atoms with Crippen molar-refractivity contribution >= 4 is 16.5 Å². The molecule has 0 saturated carbocycles. The number of rotatable bonds is 5. The van der Waals surface area contributed by atoms with Crippen LogP contribution in [0.2, 0.25) is 0 Å². The first-order chi connectivity index (χ1) is 8.70. The standard InChI is InChI=1S/C14H19N3S/c1-11-13(9-15-2)18-14(16-11)17(3)10-12-7-5-4-6-8-12/h4-8,15H,9-10H2,1-3H3. The van der Waals surface area contributed by atoms with Gasteiger partial charge in [-0.15, -0.1) is 11.3 Å². The van der Waals surface area contributed by atoms with Gasteiger partial charge in [-0.1, -0.05) is 30.3 Å². The third-order valence-electron chi connectivity index (χ3n) is 2.81. The molecule has 0 aliphatic rings. The Kier molecular flexibility index (Phi) is 4.33. The Balaban J connectivity index is 2.09. The molecular weight excluding hydrogens is 242 g/mol. The van der Waals surface area contributed by atoms with Crippen LogP contribution in [0.3, 0.4) is 0 Å². The van der Waals surface area contributed by atoms with E-state index in [0.29, 0.717) is 0 Å². The number of hydrogen-bond acceptors (Lipinski definition) is 4. The number of hydrogen-bond donors (Lipinski definition) is 1. The Morgan fingerprint density at radius 3 is 2.67 bits per heavy atom. The molecule has 1 aromatic heterocycles. The summed E-state index contributed by atoms with van der Waals surface area (Å²) >= 11 is 1.76. The fourth-order valence-electron chi connectivity index (χ4n) is 1.83. The van der Waals surface area contributed by atoms with E-state index in [9.17, 15) is 0 Å². The molecule has 0 radical (unpaired) electrons. The lowest BCUT2D eigenvalue weighted by atomic mass is 10.2. The third kappa shape index (κ3) is 3.09. The van der Waals surface area contributed by atoms with Crippen molar-refractivity contribution in [2.45, 2.75) is 20.0 Å². The summed E-state index contributed by atoms with van der Waals surface area (Å²) in [5.41, 5.74) is 2.44. The van der Waals surface area contributed by atoms with E-state index in [1.54, 1.807) is 11.3 Å². The van der Waals surface area contributed by atoms with Gasteiger partial charge in [-0.3, -0.25) is 0 Å². The second kappa shape index (κ2) is 5.98. The molecule has 0 aliphatic carbocycles. The van der Waals surface area contributed by atoms with Crippen LogP contribution in [0.25, 0.3) is 0 Å². The molecule has 2 rings (SSSR count). The van der Waals surface area contributed by atoms with Gasteiger partial charge in [0.15, 0.2) is 5.13 Å². The lowest BCUT2D eigenvalue weighted by Gasteiger charge is -2.15. The van der Waals surface area contributed by atoms with Crippen molar-refractivity contribution in [3.63, 3.8) is 0 Å². The number of thiazole rings is 1. The number of anilines is 1. The van der Waals surface area contributed by atoms with Crippen LogP contribution >= 0.6 is 11.3 Å². The van der Waals surface area contributed by atoms with E-state index in [1.165, 1.54) is 10.4 Å². The fraction of sp³-hybridized carbons (Fsp3) is 0.357. The normalized spacial score (nSPS) is 10.6. The Bertz CT molecular complexity index is 493. The molecule has 4 heteroatoms. The van der Waals surface area contributed by atoms with Crippen LogP contribution in [0.15, 0.2) is 30.3 Å². The van der Waals surface area contributed by atoms with Crippen LogP contribution in [0.1, 0.15) is 16.1 Å². The van der Waals surface area contributed by atoms with Crippen molar-refractivity contribution in [3.8, 4) is 0 Å². The SMILES string of the molecule is CNCc1sc(N(C)Cc2ccccc2)nc1C. The molecule has 0 spiro atoms. The second-order valence-corrected chi connectivity index (χ2v) is 5.44. The third-order valence-corrected chi connectivity index (χ3v) is 4.08. The monoisotopic (exact) mass is 261 g/mol. The summed E-state index contributed by atoms with van der Waals surface area (Å²) < 4.78 is 0. The number of nitrogens with zero attached hydrogens (tertiary/aromatic N) is 2.